The van der Waals surface area contributed by atoms with E-state index >= 15 is 0 Å². The van der Waals surface area contributed by atoms with Crippen molar-refractivity contribution in [2.75, 3.05) is 5.32 Å². The van der Waals surface area contributed by atoms with Crippen LogP contribution in [0.2, 0.25) is 0 Å². The number of rotatable bonds is 3. The lowest BCUT2D eigenvalue weighted by Crippen LogP contribution is -2.08. The minimum Gasteiger partial charge on any atom is -0.348 e. The molecule has 0 atom stereocenters. The van der Waals surface area contributed by atoms with Gasteiger partial charge >= 0.3 is 0 Å². The number of hydrogen-bond acceptors (Lipinski definition) is 3. The Morgan fingerprint density at radius 1 is 1.14 bits per heavy atom. The van der Waals surface area contributed by atoms with Crippen molar-refractivity contribution in [1.29, 1.82) is 0 Å². The predicted octanol–water partition coefficient (Wildman–Crippen LogP) is 0.766. The van der Waals surface area contributed by atoms with Crippen LogP contribution in [0.4, 0.5) is 5.95 Å². The third-order valence-electron chi connectivity index (χ3n) is 2.15. The summed E-state index contributed by atoms with van der Waals surface area (Å²) in [5, 5.41) is 3.20. The van der Waals surface area contributed by atoms with Gasteiger partial charge in [0.25, 0.3) is 0 Å². The fraction of sp³-hybridized carbons (Fsp3) is 0.333. The molecule has 0 spiro atoms. The van der Waals surface area contributed by atoms with Crippen molar-refractivity contribution in [3.63, 3.8) is 0 Å². The summed E-state index contributed by atoms with van der Waals surface area (Å²) in [5.74, 6) is 1.85. The third-order valence-corrected chi connectivity index (χ3v) is 2.15. The fourth-order valence-electron chi connectivity index (χ4n) is 1.26. The zero-order chi connectivity index (χ0) is 9.97. The molecule has 2 rings (SSSR count). The standard InChI is InChI=1S/C9H13N5/c1-13-5-3-10-8(13)7-12-9-11-4-6-14(9)2/h3-6H,7H2,1-2H3,(H,11,12). The molecule has 0 unspecified atom stereocenters. The first-order valence-corrected chi connectivity index (χ1v) is 4.45. The van der Waals surface area contributed by atoms with Gasteiger partial charge in [0.15, 0.2) is 0 Å². The van der Waals surface area contributed by atoms with Gasteiger partial charge in [-0.15, -0.1) is 0 Å². The summed E-state index contributed by atoms with van der Waals surface area (Å²) < 4.78 is 3.92. The topological polar surface area (TPSA) is 47.7 Å². The molecule has 0 aliphatic carbocycles. The van der Waals surface area contributed by atoms with E-state index in [4.69, 9.17) is 0 Å². The Balaban J connectivity index is 2.02. The second kappa shape index (κ2) is 3.53. The maximum atomic E-state index is 4.21. The van der Waals surface area contributed by atoms with Gasteiger partial charge in [0.05, 0.1) is 6.54 Å². The van der Waals surface area contributed by atoms with E-state index in [-0.39, 0.29) is 0 Å². The second-order valence-corrected chi connectivity index (χ2v) is 3.17. The summed E-state index contributed by atoms with van der Waals surface area (Å²) in [5.41, 5.74) is 0. The smallest absolute Gasteiger partial charge is 0.202 e. The molecule has 0 radical (unpaired) electrons. The van der Waals surface area contributed by atoms with Crippen LogP contribution in [0.3, 0.4) is 0 Å². The van der Waals surface area contributed by atoms with Crippen LogP contribution >= 0.6 is 0 Å². The lowest BCUT2D eigenvalue weighted by Gasteiger charge is -2.05. The summed E-state index contributed by atoms with van der Waals surface area (Å²) in [6.45, 7) is 0.689. The maximum absolute atomic E-state index is 4.21. The molecule has 0 aliphatic heterocycles. The quantitative estimate of drug-likeness (QED) is 0.779. The van der Waals surface area contributed by atoms with Crippen LogP contribution in [-0.4, -0.2) is 19.1 Å². The molecule has 2 aromatic rings. The van der Waals surface area contributed by atoms with Crippen LogP contribution in [0, 0.1) is 0 Å². The monoisotopic (exact) mass is 191 g/mol. The molecule has 0 amide bonds. The number of aromatic nitrogens is 4. The number of nitrogens with zero attached hydrogens (tertiary/aromatic N) is 4. The summed E-state index contributed by atoms with van der Waals surface area (Å²) in [4.78, 5) is 8.37. The Morgan fingerprint density at radius 2 is 1.86 bits per heavy atom. The van der Waals surface area contributed by atoms with E-state index in [2.05, 4.69) is 15.3 Å². The van der Waals surface area contributed by atoms with Gasteiger partial charge in [-0.2, -0.15) is 0 Å². The van der Waals surface area contributed by atoms with E-state index < -0.39 is 0 Å². The van der Waals surface area contributed by atoms with Crippen molar-refractivity contribution in [2.24, 2.45) is 14.1 Å². The molecule has 1 N–H and O–H groups in total. The molecule has 2 heterocycles. The van der Waals surface area contributed by atoms with Crippen LogP contribution in [0.1, 0.15) is 5.82 Å². The highest BCUT2D eigenvalue weighted by Crippen LogP contribution is 2.03. The van der Waals surface area contributed by atoms with Gasteiger partial charge in [-0.1, -0.05) is 0 Å². The normalized spacial score (nSPS) is 10.4. The van der Waals surface area contributed by atoms with Crippen molar-refractivity contribution in [3.05, 3.63) is 30.6 Å². The largest absolute Gasteiger partial charge is 0.348 e. The van der Waals surface area contributed by atoms with Gasteiger partial charge in [0.1, 0.15) is 5.82 Å². The van der Waals surface area contributed by atoms with Crippen molar-refractivity contribution in [3.8, 4) is 0 Å². The molecule has 74 valence electrons. The predicted molar refractivity (Wildman–Crippen MR) is 53.7 cm³/mol. The zero-order valence-electron chi connectivity index (χ0n) is 8.31. The van der Waals surface area contributed by atoms with Gasteiger partial charge in [-0.25, -0.2) is 9.97 Å². The van der Waals surface area contributed by atoms with Crippen molar-refractivity contribution < 1.29 is 0 Å². The molecule has 0 saturated heterocycles. The molecule has 0 aliphatic rings. The third kappa shape index (κ3) is 1.61. The average Bonchev–Trinajstić information content (AvgIpc) is 2.72. The molecular formula is C9H13N5. The van der Waals surface area contributed by atoms with Gasteiger partial charge in [-0.05, 0) is 0 Å². The molecule has 2 aromatic heterocycles. The van der Waals surface area contributed by atoms with Gasteiger partial charge in [0, 0.05) is 38.9 Å². The molecule has 0 bridgehead atoms. The Morgan fingerprint density at radius 3 is 2.43 bits per heavy atom. The summed E-state index contributed by atoms with van der Waals surface area (Å²) >= 11 is 0. The highest BCUT2D eigenvalue weighted by molar-refractivity contribution is 5.25. The first kappa shape index (κ1) is 8.80. The second-order valence-electron chi connectivity index (χ2n) is 3.17. The van der Waals surface area contributed by atoms with E-state index in [1.165, 1.54) is 0 Å². The van der Waals surface area contributed by atoms with Crippen LogP contribution < -0.4 is 5.32 Å². The number of anilines is 1. The lowest BCUT2D eigenvalue weighted by molar-refractivity contribution is 0.799. The van der Waals surface area contributed by atoms with Crippen molar-refractivity contribution in [1.82, 2.24) is 19.1 Å². The van der Waals surface area contributed by atoms with Gasteiger partial charge < -0.3 is 14.5 Å². The van der Waals surface area contributed by atoms with Gasteiger partial charge in [0.2, 0.25) is 5.95 Å². The van der Waals surface area contributed by atoms with E-state index in [1.54, 1.807) is 12.4 Å². The molecular weight excluding hydrogens is 178 g/mol. The number of imidazole rings is 2. The highest BCUT2D eigenvalue weighted by atomic mass is 15.2. The van der Waals surface area contributed by atoms with E-state index in [9.17, 15) is 0 Å². The fourth-order valence-corrected chi connectivity index (χ4v) is 1.26. The first-order chi connectivity index (χ1) is 6.77. The molecule has 0 aromatic carbocycles. The molecule has 0 fully saturated rings. The molecule has 5 nitrogen and oxygen atoms in total. The Kier molecular flexibility index (Phi) is 2.22. The van der Waals surface area contributed by atoms with E-state index in [0.29, 0.717) is 6.54 Å². The maximum Gasteiger partial charge on any atom is 0.202 e. The first-order valence-electron chi connectivity index (χ1n) is 4.45. The molecule has 5 heteroatoms. The van der Waals surface area contributed by atoms with Crippen LogP contribution in [0.15, 0.2) is 24.8 Å². The number of hydrogen-bond donors (Lipinski definition) is 1. The lowest BCUT2D eigenvalue weighted by atomic mass is 10.6. The van der Waals surface area contributed by atoms with Crippen LogP contribution in [-0.2, 0) is 20.6 Å². The Bertz CT molecular complexity index is 374. The Labute approximate surface area is 82.4 Å². The van der Waals surface area contributed by atoms with Gasteiger partial charge in [-0.3, -0.25) is 0 Å². The van der Waals surface area contributed by atoms with Crippen molar-refractivity contribution >= 4 is 5.95 Å². The highest BCUT2D eigenvalue weighted by Gasteiger charge is 2.01. The summed E-state index contributed by atoms with van der Waals surface area (Å²) in [6, 6.07) is 0. The molecule has 0 saturated carbocycles. The van der Waals surface area contributed by atoms with E-state index in [0.717, 1.165) is 11.8 Å². The zero-order valence-corrected chi connectivity index (χ0v) is 8.31. The van der Waals surface area contributed by atoms with Crippen molar-refractivity contribution in [2.45, 2.75) is 6.54 Å². The van der Waals surface area contributed by atoms with Crippen LogP contribution in [0.25, 0.3) is 0 Å². The molecule has 14 heavy (non-hydrogen) atoms. The number of nitrogens with one attached hydrogen (secondary N) is 1. The van der Waals surface area contributed by atoms with Crippen LogP contribution in [0.5, 0.6) is 0 Å². The average molecular weight is 191 g/mol. The minimum absolute atomic E-state index is 0.689. The SMILES string of the molecule is Cn1ccnc1CNc1nccn1C. The summed E-state index contributed by atoms with van der Waals surface area (Å²) in [7, 11) is 3.93. The van der Waals surface area contributed by atoms with E-state index in [1.807, 2.05) is 35.6 Å². The Hall–Kier alpha value is -1.78. The summed E-state index contributed by atoms with van der Waals surface area (Å²) in [6.07, 6.45) is 7.38. The number of aryl methyl sites for hydroxylation is 2. The minimum atomic E-state index is 0.689.